The van der Waals surface area contributed by atoms with E-state index < -0.39 is 17.2 Å². The van der Waals surface area contributed by atoms with Crippen LogP contribution in [0.4, 0.5) is 0 Å². The zero-order chi connectivity index (χ0) is 18.3. The number of aromatic nitrogens is 4. The van der Waals surface area contributed by atoms with Gasteiger partial charge in [0, 0.05) is 14.1 Å². The summed E-state index contributed by atoms with van der Waals surface area (Å²) in [5, 5.41) is 0. The van der Waals surface area contributed by atoms with Crippen molar-refractivity contribution in [2.45, 2.75) is 20.4 Å². The first kappa shape index (κ1) is 16.7. The highest BCUT2D eigenvalue weighted by Gasteiger charge is 2.16. The predicted molar refractivity (Wildman–Crippen MR) is 91.8 cm³/mol. The number of hydrogen-bond acceptors (Lipinski definition) is 5. The molecule has 2 aromatic heterocycles. The molecule has 1 aromatic carbocycles. The minimum Gasteiger partial charge on any atom is -0.425 e. The van der Waals surface area contributed by atoms with Crippen molar-refractivity contribution in [3.63, 3.8) is 0 Å². The number of hydrogen-bond donors (Lipinski definition) is 0. The molecule has 0 radical (unpaired) electrons. The second-order valence-electron chi connectivity index (χ2n) is 5.97. The van der Waals surface area contributed by atoms with Crippen molar-refractivity contribution >= 4 is 17.1 Å². The van der Waals surface area contributed by atoms with E-state index in [1.54, 1.807) is 12.1 Å². The van der Waals surface area contributed by atoms with E-state index in [1.165, 1.54) is 29.6 Å². The summed E-state index contributed by atoms with van der Waals surface area (Å²) in [5.74, 6) is -0.0868. The Bertz CT molecular complexity index is 1100. The fourth-order valence-electron chi connectivity index (χ4n) is 2.60. The average Bonchev–Trinajstić information content (AvgIpc) is 2.98. The fourth-order valence-corrected chi connectivity index (χ4v) is 2.60. The van der Waals surface area contributed by atoms with Crippen LogP contribution in [0.15, 0.2) is 34.1 Å². The van der Waals surface area contributed by atoms with Crippen molar-refractivity contribution < 1.29 is 9.53 Å². The molecule has 0 unspecified atom stereocenters. The van der Waals surface area contributed by atoms with Crippen LogP contribution in [-0.4, -0.2) is 24.7 Å². The van der Waals surface area contributed by atoms with E-state index in [2.05, 4.69) is 4.98 Å². The van der Waals surface area contributed by atoms with Crippen LogP contribution in [0.5, 0.6) is 5.75 Å². The van der Waals surface area contributed by atoms with Crippen LogP contribution < -0.4 is 16.0 Å². The molecular weight excluding hydrogens is 324 g/mol. The molecule has 0 fully saturated rings. The minimum atomic E-state index is -0.529. The standard InChI is InChI=1S/C17H18N4O4/c1-10-5-6-12(7-11(10)2)25-13(22)8-21-9-18-15-14(21)16(23)20(4)17(24)19(15)3/h5-7,9H,8H2,1-4H3. The number of fused-ring (bicyclic) bond motifs is 1. The zero-order valence-electron chi connectivity index (χ0n) is 14.4. The zero-order valence-corrected chi connectivity index (χ0v) is 14.4. The Balaban J connectivity index is 1.93. The molecule has 3 aromatic rings. The highest BCUT2D eigenvalue weighted by Crippen LogP contribution is 2.17. The van der Waals surface area contributed by atoms with E-state index in [0.29, 0.717) is 5.75 Å². The van der Waals surface area contributed by atoms with Gasteiger partial charge in [0.15, 0.2) is 11.2 Å². The third kappa shape index (κ3) is 2.86. The summed E-state index contributed by atoms with van der Waals surface area (Å²) < 4.78 is 8.97. The Labute approximate surface area is 142 Å². The van der Waals surface area contributed by atoms with Crippen LogP contribution in [0.3, 0.4) is 0 Å². The first-order valence-electron chi connectivity index (χ1n) is 7.68. The van der Waals surface area contributed by atoms with Gasteiger partial charge in [-0.2, -0.15) is 0 Å². The Morgan fingerprint density at radius 3 is 2.52 bits per heavy atom. The molecule has 0 saturated carbocycles. The van der Waals surface area contributed by atoms with Crippen molar-refractivity contribution in [3.8, 4) is 5.75 Å². The van der Waals surface area contributed by atoms with Crippen molar-refractivity contribution in [3.05, 3.63) is 56.5 Å². The monoisotopic (exact) mass is 342 g/mol. The number of rotatable bonds is 3. The van der Waals surface area contributed by atoms with Gasteiger partial charge in [-0.3, -0.25) is 13.9 Å². The Morgan fingerprint density at radius 2 is 1.84 bits per heavy atom. The molecular formula is C17H18N4O4. The van der Waals surface area contributed by atoms with E-state index in [9.17, 15) is 14.4 Å². The topological polar surface area (TPSA) is 88.1 Å². The van der Waals surface area contributed by atoms with Gasteiger partial charge in [0.1, 0.15) is 12.3 Å². The van der Waals surface area contributed by atoms with Gasteiger partial charge >= 0.3 is 11.7 Å². The minimum absolute atomic E-state index is 0.182. The Morgan fingerprint density at radius 1 is 1.12 bits per heavy atom. The Hall–Kier alpha value is -3.16. The van der Waals surface area contributed by atoms with E-state index in [0.717, 1.165) is 15.7 Å². The maximum atomic E-state index is 12.3. The molecule has 0 aliphatic carbocycles. The summed E-state index contributed by atoms with van der Waals surface area (Å²) in [6, 6.07) is 5.37. The molecule has 8 heteroatoms. The number of ether oxygens (including phenoxy) is 1. The summed E-state index contributed by atoms with van der Waals surface area (Å²) in [6.07, 6.45) is 1.35. The number of carbonyl (C=O) groups is 1. The van der Waals surface area contributed by atoms with E-state index in [4.69, 9.17) is 4.74 Å². The maximum absolute atomic E-state index is 12.3. The molecule has 0 spiro atoms. The van der Waals surface area contributed by atoms with Crippen LogP contribution in [0.1, 0.15) is 11.1 Å². The predicted octanol–water partition coefficient (Wildman–Crippen LogP) is 0.656. The normalized spacial score (nSPS) is 11.0. The molecule has 0 bridgehead atoms. The molecule has 8 nitrogen and oxygen atoms in total. The lowest BCUT2D eigenvalue weighted by Crippen LogP contribution is -2.37. The van der Waals surface area contributed by atoms with Crippen LogP contribution in [0.25, 0.3) is 11.2 Å². The molecule has 0 aliphatic heterocycles. The van der Waals surface area contributed by atoms with Crippen LogP contribution in [-0.2, 0) is 25.4 Å². The molecule has 3 rings (SSSR count). The lowest BCUT2D eigenvalue weighted by Gasteiger charge is -2.08. The van der Waals surface area contributed by atoms with Gasteiger partial charge in [0.2, 0.25) is 0 Å². The summed E-state index contributed by atoms with van der Waals surface area (Å²) in [5.41, 5.74) is 1.55. The highest BCUT2D eigenvalue weighted by molar-refractivity contribution is 5.76. The fraction of sp³-hybridized carbons (Fsp3) is 0.294. The quantitative estimate of drug-likeness (QED) is 0.515. The van der Waals surface area contributed by atoms with Crippen LogP contribution in [0.2, 0.25) is 0 Å². The van der Waals surface area contributed by atoms with Gasteiger partial charge in [-0.05, 0) is 37.1 Å². The summed E-state index contributed by atoms with van der Waals surface area (Å²) in [4.78, 5) is 40.6. The van der Waals surface area contributed by atoms with Crippen LogP contribution >= 0.6 is 0 Å². The van der Waals surface area contributed by atoms with Crippen molar-refractivity contribution in [2.24, 2.45) is 14.1 Å². The number of carbonyl (C=O) groups excluding carboxylic acids is 1. The molecule has 0 amide bonds. The van der Waals surface area contributed by atoms with Gasteiger partial charge in [0.05, 0.1) is 6.33 Å². The largest absolute Gasteiger partial charge is 0.425 e. The number of imidazole rings is 1. The van der Waals surface area contributed by atoms with Gasteiger partial charge in [-0.15, -0.1) is 0 Å². The van der Waals surface area contributed by atoms with Gasteiger partial charge in [0.25, 0.3) is 5.56 Å². The molecule has 0 saturated heterocycles. The van der Waals surface area contributed by atoms with Crippen LogP contribution in [0, 0.1) is 13.8 Å². The number of benzene rings is 1. The SMILES string of the molecule is Cc1ccc(OC(=O)Cn2cnc3c2c(=O)n(C)c(=O)n3C)cc1C. The lowest BCUT2D eigenvalue weighted by molar-refractivity contribution is -0.135. The maximum Gasteiger partial charge on any atom is 0.332 e. The van der Waals surface area contributed by atoms with Gasteiger partial charge in [-0.1, -0.05) is 6.07 Å². The average molecular weight is 342 g/mol. The summed E-state index contributed by atoms with van der Waals surface area (Å²) >= 11 is 0. The number of esters is 1. The van der Waals surface area contributed by atoms with Gasteiger partial charge < -0.3 is 9.30 Å². The third-order valence-electron chi connectivity index (χ3n) is 4.23. The molecule has 0 N–H and O–H groups in total. The molecule has 0 atom stereocenters. The van der Waals surface area contributed by atoms with E-state index >= 15 is 0 Å². The number of nitrogens with zero attached hydrogens (tertiary/aromatic N) is 4. The molecule has 0 aliphatic rings. The first-order chi connectivity index (χ1) is 11.8. The van der Waals surface area contributed by atoms with E-state index in [-0.39, 0.29) is 17.7 Å². The first-order valence-corrected chi connectivity index (χ1v) is 7.68. The summed E-state index contributed by atoms with van der Waals surface area (Å²) in [7, 11) is 2.91. The smallest absolute Gasteiger partial charge is 0.332 e. The van der Waals surface area contributed by atoms with Crippen molar-refractivity contribution in [1.82, 2.24) is 18.7 Å². The van der Waals surface area contributed by atoms with Crippen molar-refractivity contribution in [2.75, 3.05) is 0 Å². The third-order valence-corrected chi connectivity index (χ3v) is 4.23. The molecule has 130 valence electrons. The second kappa shape index (κ2) is 6.04. The van der Waals surface area contributed by atoms with E-state index in [1.807, 2.05) is 19.9 Å². The molecule has 25 heavy (non-hydrogen) atoms. The second-order valence-corrected chi connectivity index (χ2v) is 5.97. The Kier molecular flexibility index (Phi) is 4.03. The van der Waals surface area contributed by atoms with Crippen molar-refractivity contribution in [1.29, 1.82) is 0 Å². The number of aryl methyl sites for hydroxylation is 3. The summed E-state index contributed by atoms with van der Waals surface area (Å²) in [6.45, 7) is 3.72. The lowest BCUT2D eigenvalue weighted by atomic mass is 10.1. The molecule has 2 heterocycles. The van der Waals surface area contributed by atoms with Gasteiger partial charge in [-0.25, -0.2) is 14.6 Å². The highest BCUT2D eigenvalue weighted by atomic mass is 16.5.